The van der Waals surface area contributed by atoms with Gasteiger partial charge in [0.05, 0.1) is 17.7 Å². The molecule has 134 valence electrons. The van der Waals surface area contributed by atoms with E-state index in [9.17, 15) is 5.26 Å². The zero-order valence-corrected chi connectivity index (χ0v) is 15.7. The van der Waals surface area contributed by atoms with E-state index in [1.807, 2.05) is 49.6 Å². The van der Waals surface area contributed by atoms with Crippen molar-refractivity contribution in [2.75, 3.05) is 0 Å². The first-order chi connectivity index (χ1) is 13.2. The molecule has 0 radical (unpaired) electrons. The second-order valence-electron chi connectivity index (χ2n) is 6.06. The fraction of sp³-hybridized carbons (Fsp3) is 0.150. The molecule has 0 spiro atoms. The molecule has 0 aliphatic heterocycles. The van der Waals surface area contributed by atoms with Crippen LogP contribution in [0.15, 0.2) is 50.9 Å². The van der Waals surface area contributed by atoms with Crippen LogP contribution in [0.2, 0.25) is 0 Å². The zero-order valence-electron chi connectivity index (χ0n) is 14.8. The van der Waals surface area contributed by atoms with Gasteiger partial charge in [0, 0.05) is 11.4 Å². The molecule has 4 rings (SSSR count). The lowest BCUT2D eigenvalue weighted by Gasteiger charge is -2.07. The Bertz CT molecular complexity index is 1130. The number of hydrogen-bond donors (Lipinski definition) is 0. The summed E-state index contributed by atoms with van der Waals surface area (Å²) in [6.45, 7) is 4.69. The van der Waals surface area contributed by atoms with E-state index in [2.05, 4.69) is 20.8 Å². The van der Waals surface area contributed by atoms with Gasteiger partial charge in [0.25, 0.3) is 5.89 Å². The molecular formula is C20H16N4O2S. The summed E-state index contributed by atoms with van der Waals surface area (Å²) >= 11 is 1.52. The number of allylic oxidation sites excluding steroid dienone is 1. The maximum atomic E-state index is 9.59. The summed E-state index contributed by atoms with van der Waals surface area (Å²) in [7, 11) is 0. The Labute approximate surface area is 160 Å². The fourth-order valence-electron chi connectivity index (χ4n) is 2.91. The normalized spacial score (nSPS) is 11.7. The Balaban J connectivity index is 1.66. The molecule has 0 aliphatic carbocycles. The van der Waals surface area contributed by atoms with Gasteiger partial charge in [0.1, 0.15) is 17.4 Å². The third-order valence-electron chi connectivity index (χ3n) is 4.33. The highest BCUT2D eigenvalue weighted by atomic mass is 32.1. The van der Waals surface area contributed by atoms with Crippen molar-refractivity contribution in [1.82, 2.24) is 14.7 Å². The molecule has 0 aromatic carbocycles. The number of aryl methyl sites for hydroxylation is 1. The van der Waals surface area contributed by atoms with E-state index in [1.54, 1.807) is 12.3 Å². The van der Waals surface area contributed by atoms with Crippen LogP contribution < -0.4 is 0 Å². The van der Waals surface area contributed by atoms with Gasteiger partial charge >= 0.3 is 0 Å². The molecule has 0 bridgehead atoms. The standard InChI is InChI=1S/C20H16N4O2S/c1-13-9-15(14(2)24(13)12-17-5-3-7-25-17)10-16(11-21)20-22-19(23-26-20)18-6-4-8-27-18/h3-10H,12H2,1-2H3/b16-10+. The van der Waals surface area contributed by atoms with E-state index in [-0.39, 0.29) is 5.89 Å². The maximum Gasteiger partial charge on any atom is 0.268 e. The van der Waals surface area contributed by atoms with Crippen molar-refractivity contribution < 1.29 is 8.94 Å². The molecule has 0 amide bonds. The Morgan fingerprint density at radius 2 is 2.22 bits per heavy atom. The first-order valence-electron chi connectivity index (χ1n) is 8.34. The summed E-state index contributed by atoms with van der Waals surface area (Å²) in [5, 5.41) is 15.5. The lowest BCUT2D eigenvalue weighted by molar-refractivity contribution is 0.409. The molecular weight excluding hydrogens is 360 g/mol. The molecule has 0 aliphatic rings. The summed E-state index contributed by atoms with van der Waals surface area (Å²) in [5.41, 5.74) is 3.39. The molecule has 0 unspecified atom stereocenters. The average molecular weight is 376 g/mol. The minimum atomic E-state index is 0.219. The van der Waals surface area contributed by atoms with Gasteiger partial charge in [0.15, 0.2) is 0 Å². The Hall–Kier alpha value is -3.37. The fourth-order valence-corrected chi connectivity index (χ4v) is 3.56. The molecule has 4 heterocycles. The molecule has 0 atom stereocenters. The average Bonchev–Trinajstić information content (AvgIpc) is 3.44. The number of nitrogens with zero attached hydrogens (tertiary/aromatic N) is 4. The van der Waals surface area contributed by atoms with Crippen molar-refractivity contribution in [3.05, 3.63) is 70.6 Å². The van der Waals surface area contributed by atoms with Crippen molar-refractivity contribution in [1.29, 1.82) is 5.26 Å². The van der Waals surface area contributed by atoms with E-state index >= 15 is 0 Å². The lowest BCUT2D eigenvalue weighted by Crippen LogP contribution is -2.02. The van der Waals surface area contributed by atoms with Crippen LogP contribution in [0.25, 0.3) is 22.4 Å². The van der Waals surface area contributed by atoms with Crippen LogP contribution in [0.4, 0.5) is 0 Å². The zero-order chi connectivity index (χ0) is 18.8. The quantitative estimate of drug-likeness (QED) is 0.462. The minimum Gasteiger partial charge on any atom is -0.467 e. The number of furan rings is 1. The van der Waals surface area contributed by atoms with Crippen LogP contribution in [0.5, 0.6) is 0 Å². The summed E-state index contributed by atoms with van der Waals surface area (Å²) in [5.74, 6) is 1.59. The minimum absolute atomic E-state index is 0.219. The van der Waals surface area contributed by atoms with Crippen molar-refractivity contribution in [3.63, 3.8) is 0 Å². The smallest absolute Gasteiger partial charge is 0.268 e. The Morgan fingerprint density at radius 3 is 2.93 bits per heavy atom. The van der Waals surface area contributed by atoms with Crippen molar-refractivity contribution in [3.8, 4) is 16.8 Å². The van der Waals surface area contributed by atoms with Gasteiger partial charge in [-0.1, -0.05) is 11.2 Å². The van der Waals surface area contributed by atoms with Gasteiger partial charge in [-0.2, -0.15) is 10.2 Å². The third kappa shape index (κ3) is 3.35. The van der Waals surface area contributed by atoms with Gasteiger partial charge in [-0.05, 0) is 55.1 Å². The molecule has 4 aromatic rings. The Morgan fingerprint density at radius 1 is 1.33 bits per heavy atom. The van der Waals surface area contributed by atoms with Crippen LogP contribution in [-0.4, -0.2) is 14.7 Å². The summed E-state index contributed by atoms with van der Waals surface area (Å²) in [6, 6.07) is 11.9. The first-order valence-corrected chi connectivity index (χ1v) is 9.22. The van der Waals surface area contributed by atoms with E-state index in [4.69, 9.17) is 8.94 Å². The van der Waals surface area contributed by atoms with Gasteiger partial charge < -0.3 is 13.5 Å². The molecule has 0 N–H and O–H groups in total. The predicted molar refractivity (Wildman–Crippen MR) is 103 cm³/mol. The molecule has 0 saturated carbocycles. The monoisotopic (exact) mass is 376 g/mol. The van der Waals surface area contributed by atoms with E-state index in [0.717, 1.165) is 27.6 Å². The molecule has 0 saturated heterocycles. The number of nitriles is 1. The van der Waals surface area contributed by atoms with Crippen LogP contribution in [0.1, 0.15) is 28.6 Å². The molecule has 7 heteroatoms. The number of aromatic nitrogens is 3. The van der Waals surface area contributed by atoms with Crippen molar-refractivity contribution >= 4 is 23.0 Å². The number of hydrogen-bond acceptors (Lipinski definition) is 6. The van der Waals surface area contributed by atoms with E-state index < -0.39 is 0 Å². The second-order valence-corrected chi connectivity index (χ2v) is 7.01. The van der Waals surface area contributed by atoms with E-state index in [0.29, 0.717) is 17.9 Å². The first kappa shape index (κ1) is 17.1. The van der Waals surface area contributed by atoms with E-state index in [1.165, 1.54) is 11.3 Å². The number of rotatable bonds is 5. The molecule has 4 aromatic heterocycles. The molecule has 27 heavy (non-hydrogen) atoms. The molecule has 6 nitrogen and oxygen atoms in total. The largest absolute Gasteiger partial charge is 0.467 e. The second kappa shape index (κ2) is 7.09. The summed E-state index contributed by atoms with van der Waals surface area (Å²) in [4.78, 5) is 5.26. The van der Waals surface area contributed by atoms with Crippen LogP contribution in [-0.2, 0) is 6.54 Å². The Kier molecular flexibility index (Phi) is 4.48. The lowest BCUT2D eigenvalue weighted by atomic mass is 10.1. The maximum absolute atomic E-state index is 9.59. The summed E-state index contributed by atoms with van der Waals surface area (Å²) < 4.78 is 12.9. The van der Waals surface area contributed by atoms with Gasteiger partial charge in [-0.25, -0.2) is 0 Å². The predicted octanol–water partition coefficient (Wildman–Crippen LogP) is 4.92. The van der Waals surface area contributed by atoms with Gasteiger partial charge in [-0.15, -0.1) is 11.3 Å². The van der Waals surface area contributed by atoms with Crippen molar-refractivity contribution in [2.24, 2.45) is 0 Å². The van der Waals surface area contributed by atoms with Gasteiger partial charge in [0.2, 0.25) is 5.82 Å². The summed E-state index contributed by atoms with van der Waals surface area (Å²) in [6.07, 6.45) is 3.45. The topological polar surface area (TPSA) is 80.8 Å². The van der Waals surface area contributed by atoms with Gasteiger partial charge in [-0.3, -0.25) is 0 Å². The number of thiophene rings is 1. The molecule has 0 fully saturated rings. The SMILES string of the molecule is Cc1cc(/C=C(\C#N)c2nc(-c3cccs3)no2)c(C)n1Cc1ccco1. The highest BCUT2D eigenvalue weighted by Gasteiger charge is 2.16. The highest BCUT2D eigenvalue weighted by Crippen LogP contribution is 2.26. The van der Waals surface area contributed by atoms with Crippen LogP contribution >= 0.6 is 11.3 Å². The van der Waals surface area contributed by atoms with Crippen LogP contribution in [0.3, 0.4) is 0 Å². The highest BCUT2D eigenvalue weighted by molar-refractivity contribution is 7.13. The third-order valence-corrected chi connectivity index (χ3v) is 5.19. The van der Waals surface area contributed by atoms with Crippen molar-refractivity contribution in [2.45, 2.75) is 20.4 Å². The van der Waals surface area contributed by atoms with Crippen LogP contribution in [0, 0.1) is 25.2 Å².